The van der Waals surface area contributed by atoms with Crippen LogP contribution in [0, 0.1) is 0 Å². The van der Waals surface area contributed by atoms with E-state index < -0.39 is 0 Å². The van der Waals surface area contributed by atoms with Crippen LogP contribution in [0.1, 0.15) is 32.6 Å². The molecule has 1 aromatic rings. The number of amides is 1. The smallest absolute Gasteiger partial charge is 0.260 e. The maximum atomic E-state index is 12.3. The molecule has 1 atom stereocenters. The van der Waals surface area contributed by atoms with Crippen molar-refractivity contribution < 1.29 is 9.53 Å². The number of carbonyl (C=O) groups excluding carboxylic acids is 1. The summed E-state index contributed by atoms with van der Waals surface area (Å²) in [4.78, 5) is 14.2. The SMILES string of the molecule is CC[C@@H]1CCCCN1C(=O)COc1cccc(Cl)c1Cl. The number of hydrogen-bond acceptors (Lipinski definition) is 2. The van der Waals surface area contributed by atoms with E-state index in [9.17, 15) is 4.79 Å². The molecule has 0 aromatic heterocycles. The molecule has 0 N–H and O–H groups in total. The van der Waals surface area contributed by atoms with Gasteiger partial charge >= 0.3 is 0 Å². The minimum absolute atomic E-state index is 0.0105. The van der Waals surface area contributed by atoms with Gasteiger partial charge in [-0.15, -0.1) is 0 Å². The number of benzene rings is 1. The first kappa shape index (κ1) is 15.5. The van der Waals surface area contributed by atoms with Crippen LogP contribution < -0.4 is 4.74 Å². The quantitative estimate of drug-likeness (QED) is 0.834. The Bertz CT molecular complexity index is 479. The molecule has 1 saturated heterocycles. The summed E-state index contributed by atoms with van der Waals surface area (Å²) in [6.45, 7) is 2.95. The number of nitrogens with zero attached hydrogens (tertiary/aromatic N) is 1. The molecule has 1 aliphatic heterocycles. The highest BCUT2D eigenvalue weighted by Crippen LogP contribution is 2.31. The van der Waals surface area contributed by atoms with Crippen molar-refractivity contribution in [2.24, 2.45) is 0 Å². The van der Waals surface area contributed by atoms with Gasteiger partial charge in [-0.1, -0.05) is 36.2 Å². The first-order valence-electron chi connectivity index (χ1n) is 6.99. The summed E-state index contributed by atoms with van der Waals surface area (Å²) in [5.41, 5.74) is 0. The van der Waals surface area contributed by atoms with Crippen LogP contribution >= 0.6 is 23.2 Å². The molecule has 110 valence electrons. The van der Waals surface area contributed by atoms with E-state index in [1.165, 1.54) is 6.42 Å². The van der Waals surface area contributed by atoms with Gasteiger partial charge in [0.05, 0.1) is 5.02 Å². The van der Waals surface area contributed by atoms with E-state index in [4.69, 9.17) is 27.9 Å². The minimum atomic E-state index is 0.0105. The summed E-state index contributed by atoms with van der Waals surface area (Å²) in [5, 5.41) is 0.786. The third kappa shape index (κ3) is 3.58. The Balaban J connectivity index is 1.96. The Labute approximate surface area is 129 Å². The van der Waals surface area contributed by atoms with Gasteiger partial charge in [-0.25, -0.2) is 0 Å². The van der Waals surface area contributed by atoms with Gasteiger partial charge in [0.1, 0.15) is 10.8 Å². The highest BCUT2D eigenvalue weighted by Gasteiger charge is 2.25. The Hall–Kier alpha value is -0.930. The van der Waals surface area contributed by atoms with Gasteiger partial charge in [0, 0.05) is 12.6 Å². The Morgan fingerprint density at radius 2 is 2.20 bits per heavy atom. The summed E-state index contributed by atoms with van der Waals surface area (Å²) in [6.07, 6.45) is 4.34. The third-order valence-electron chi connectivity index (χ3n) is 3.69. The van der Waals surface area contributed by atoms with Crippen LogP contribution in [0.15, 0.2) is 18.2 Å². The Kier molecular flexibility index (Phi) is 5.55. The molecular formula is C15H19Cl2NO2. The highest BCUT2D eigenvalue weighted by molar-refractivity contribution is 6.42. The number of hydrogen-bond donors (Lipinski definition) is 0. The third-order valence-corrected chi connectivity index (χ3v) is 4.49. The van der Waals surface area contributed by atoms with Crippen LogP contribution in [-0.2, 0) is 4.79 Å². The predicted octanol–water partition coefficient (Wildman–Crippen LogP) is 4.16. The zero-order valence-electron chi connectivity index (χ0n) is 11.6. The molecule has 3 nitrogen and oxygen atoms in total. The topological polar surface area (TPSA) is 29.5 Å². The lowest BCUT2D eigenvalue weighted by Gasteiger charge is -2.35. The lowest BCUT2D eigenvalue weighted by atomic mass is 10.00. The van der Waals surface area contributed by atoms with Crippen molar-refractivity contribution in [3.63, 3.8) is 0 Å². The van der Waals surface area contributed by atoms with Crippen molar-refractivity contribution in [3.8, 4) is 5.75 Å². The average Bonchev–Trinajstić information content (AvgIpc) is 2.48. The van der Waals surface area contributed by atoms with E-state index >= 15 is 0 Å². The molecule has 0 radical (unpaired) electrons. The summed E-state index contributed by atoms with van der Waals surface area (Å²) in [5.74, 6) is 0.477. The fourth-order valence-electron chi connectivity index (χ4n) is 2.57. The molecule has 1 aliphatic rings. The lowest BCUT2D eigenvalue weighted by molar-refractivity contribution is -0.137. The number of halogens is 2. The van der Waals surface area contributed by atoms with Crippen LogP contribution in [0.3, 0.4) is 0 Å². The molecule has 0 saturated carbocycles. The maximum absolute atomic E-state index is 12.3. The molecule has 2 rings (SSSR count). The summed E-state index contributed by atoms with van der Waals surface area (Å²) in [7, 11) is 0. The van der Waals surface area contributed by atoms with E-state index in [-0.39, 0.29) is 12.5 Å². The predicted molar refractivity (Wildman–Crippen MR) is 81.6 cm³/mol. The molecule has 1 fully saturated rings. The van der Waals surface area contributed by atoms with Gasteiger partial charge in [-0.3, -0.25) is 4.79 Å². The fourth-order valence-corrected chi connectivity index (χ4v) is 2.92. The zero-order valence-corrected chi connectivity index (χ0v) is 13.1. The first-order chi connectivity index (χ1) is 9.63. The van der Waals surface area contributed by atoms with E-state index in [0.29, 0.717) is 21.8 Å². The summed E-state index contributed by atoms with van der Waals surface area (Å²) in [6, 6.07) is 5.50. The maximum Gasteiger partial charge on any atom is 0.260 e. The second-order valence-corrected chi connectivity index (χ2v) is 5.77. The summed E-state index contributed by atoms with van der Waals surface area (Å²) < 4.78 is 5.52. The van der Waals surface area contributed by atoms with Crippen molar-refractivity contribution in [1.82, 2.24) is 4.90 Å². The lowest BCUT2D eigenvalue weighted by Crippen LogP contribution is -2.45. The molecule has 1 heterocycles. The Morgan fingerprint density at radius 3 is 2.95 bits per heavy atom. The van der Waals surface area contributed by atoms with Crippen molar-refractivity contribution in [2.45, 2.75) is 38.6 Å². The van der Waals surface area contributed by atoms with Gasteiger partial charge in [-0.2, -0.15) is 0 Å². The van der Waals surface area contributed by atoms with Gasteiger partial charge in [0.25, 0.3) is 5.91 Å². The molecule has 0 unspecified atom stereocenters. The van der Waals surface area contributed by atoms with Crippen LogP contribution in [-0.4, -0.2) is 30.0 Å². The van der Waals surface area contributed by atoms with E-state index in [1.807, 2.05) is 4.90 Å². The molecule has 1 amide bonds. The number of likely N-dealkylation sites (tertiary alicyclic amines) is 1. The van der Waals surface area contributed by atoms with Crippen LogP contribution in [0.5, 0.6) is 5.75 Å². The van der Waals surface area contributed by atoms with Gasteiger partial charge in [0.15, 0.2) is 6.61 Å². The second kappa shape index (κ2) is 7.19. The van der Waals surface area contributed by atoms with Gasteiger partial charge < -0.3 is 9.64 Å². The molecule has 5 heteroatoms. The van der Waals surface area contributed by atoms with Gasteiger partial charge in [-0.05, 0) is 37.8 Å². The summed E-state index contributed by atoms with van der Waals surface area (Å²) >= 11 is 12.0. The first-order valence-corrected chi connectivity index (χ1v) is 7.75. The molecule has 0 bridgehead atoms. The van der Waals surface area contributed by atoms with Crippen molar-refractivity contribution in [2.75, 3.05) is 13.2 Å². The monoisotopic (exact) mass is 315 g/mol. The minimum Gasteiger partial charge on any atom is -0.482 e. The normalized spacial score (nSPS) is 18.9. The number of carbonyl (C=O) groups is 1. The largest absolute Gasteiger partial charge is 0.482 e. The molecule has 1 aromatic carbocycles. The number of rotatable bonds is 4. The van der Waals surface area contributed by atoms with Crippen LogP contribution in [0.4, 0.5) is 0 Å². The standard InChI is InChI=1S/C15H19Cl2NO2/c1-2-11-6-3-4-9-18(11)14(19)10-20-13-8-5-7-12(16)15(13)17/h5,7-8,11H,2-4,6,9-10H2,1H3/t11-/m1/s1. The molecule has 0 spiro atoms. The van der Waals surface area contributed by atoms with E-state index in [2.05, 4.69) is 6.92 Å². The number of ether oxygens (including phenoxy) is 1. The van der Waals surface area contributed by atoms with Crippen molar-refractivity contribution in [3.05, 3.63) is 28.2 Å². The zero-order chi connectivity index (χ0) is 14.5. The molecule has 0 aliphatic carbocycles. The molecular weight excluding hydrogens is 297 g/mol. The van der Waals surface area contributed by atoms with E-state index in [1.54, 1.807) is 18.2 Å². The fraction of sp³-hybridized carbons (Fsp3) is 0.533. The van der Waals surface area contributed by atoms with E-state index in [0.717, 1.165) is 25.8 Å². The second-order valence-electron chi connectivity index (χ2n) is 4.99. The average molecular weight is 316 g/mol. The Morgan fingerprint density at radius 1 is 1.40 bits per heavy atom. The van der Waals surface area contributed by atoms with Crippen molar-refractivity contribution >= 4 is 29.1 Å². The number of piperidine rings is 1. The molecule has 20 heavy (non-hydrogen) atoms. The van der Waals surface area contributed by atoms with Gasteiger partial charge in [0.2, 0.25) is 0 Å². The van der Waals surface area contributed by atoms with Crippen LogP contribution in [0.25, 0.3) is 0 Å². The van der Waals surface area contributed by atoms with Crippen molar-refractivity contribution in [1.29, 1.82) is 0 Å². The highest BCUT2D eigenvalue weighted by atomic mass is 35.5. The van der Waals surface area contributed by atoms with Crippen LogP contribution in [0.2, 0.25) is 10.0 Å².